The monoisotopic (exact) mass is 1060 g/mol. The van der Waals surface area contributed by atoms with Crippen molar-refractivity contribution in [2.24, 2.45) is 0 Å². The average Bonchev–Trinajstić information content (AvgIpc) is 3.45. The van der Waals surface area contributed by atoms with E-state index in [-0.39, 0.29) is 0 Å². The minimum atomic E-state index is 0.640. The lowest BCUT2D eigenvalue weighted by atomic mass is 9.79. The van der Waals surface area contributed by atoms with Crippen LogP contribution in [0.3, 0.4) is 0 Å². The van der Waals surface area contributed by atoms with Crippen LogP contribution in [0, 0.1) is 13.8 Å². The van der Waals surface area contributed by atoms with Gasteiger partial charge in [0.15, 0.2) is 0 Å². The fraction of sp³-hybridized carbons (Fsp3) is 0.615. The zero-order valence-corrected chi connectivity index (χ0v) is 55.3. The molecule has 0 saturated carbocycles. The lowest BCUT2D eigenvalue weighted by molar-refractivity contribution is 0.739. The molecule has 0 bridgehead atoms. The number of benzene rings is 5. The van der Waals surface area contributed by atoms with Crippen molar-refractivity contribution in [1.82, 2.24) is 0 Å². The van der Waals surface area contributed by atoms with Crippen molar-refractivity contribution in [1.29, 1.82) is 0 Å². The molecule has 0 aliphatic heterocycles. The molecule has 0 radical (unpaired) electrons. The van der Waals surface area contributed by atoms with Crippen molar-refractivity contribution >= 4 is 0 Å². The molecule has 0 atom stereocenters. The predicted octanol–water partition coefficient (Wildman–Crippen LogP) is 23.8. The number of hydrogen-bond donors (Lipinski definition) is 0. The summed E-state index contributed by atoms with van der Waals surface area (Å²) in [6.07, 6.45) is 32.1. The number of hydrogen-bond acceptors (Lipinski definition) is 0. The molecule has 0 saturated heterocycles. The molecule has 0 amide bonds. The molecule has 0 heterocycles. The second-order valence-electron chi connectivity index (χ2n) is 23.7. The van der Waals surface area contributed by atoms with Crippen LogP contribution in [0.15, 0.2) is 60.7 Å². The summed E-state index contributed by atoms with van der Waals surface area (Å²) in [6.45, 7) is 46.3. The standard InChI is InChI=1S/C21H28.C21H36.C19H32.C17H28/c1-4-10-17-15-19(11-5-2)21(20(16-17)12-6-3)18-13-8-7-9-14-18;1-8-11-17-14-18(12-9-2)21(16(6)7)19(13-10-3)20(17)15(4)5;1-6-11-15-14-16(12-7-2)18(10-5)19(13-8-3)17(15)9-4;1-6-9-15-12-16(10-7-2)14(5)17(11-8-3)13(15)4/h7-9,13-16H,4-6,10-12H2,1-3H3;14-16H,8-13H2,1-7H3;14H,6-13H2,1-5H3;12H,6-11H2,1-5H3. The summed E-state index contributed by atoms with van der Waals surface area (Å²) in [7, 11) is 0. The Morgan fingerprint density at radius 1 is 0.282 bits per heavy atom. The summed E-state index contributed by atoms with van der Waals surface area (Å²) in [6, 6.07) is 23.4. The first kappa shape index (κ1) is 70.2. The van der Waals surface area contributed by atoms with E-state index >= 15 is 0 Å². The maximum Gasteiger partial charge on any atom is -0.0120 e. The van der Waals surface area contributed by atoms with E-state index in [4.69, 9.17) is 0 Å². The Morgan fingerprint density at radius 3 is 0.949 bits per heavy atom. The van der Waals surface area contributed by atoms with Crippen molar-refractivity contribution < 1.29 is 0 Å². The van der Waals surface area contributed by atoms with Gasteiger partial charge in [0.05, 0.1) is 0 Å². The van der Waals surface area contributed by atoms with Gasteiger partial charge in [-0.1, -0.05) is 262 Å². The number of aryl methyl sites for hydroxylation is 9. The minimum Gasteiger partial charge on any atom is -0.0651 e. The van der Waals surface area contributed by atoms with E-state index < -0.39 is 0 Å². The van der Waals surface area contributed by atoms with Gasteiger partial charge in [0.1, 0.15) is 0 Å². The van der Waals surface area contributed by atoms with Gasteiger partial charge in [-0.15, -0.1) is 0 Å². The molecule has 0 fully saturated rings. The zero-order valence-electron chi connectivity index (χ0n) is 55.3. The van der Waals surface area contributed by atoms with Gasteiger partial charge in [-0.05, 0) is 227 Å². The molecule has 0 unspecified atom stereocenters. The quantitative estimate of drug-likeness (QED) is 0.0448. The molecule has 0 aromatic heterocycles. The molecule has 0 spiro atoms. The summed E-state index contributed by atoms with van der Waals surface area (Å²) in [5.74, 6) is 1.28. The predicted molar refractivity (Wildman–Crippen MR) is 356 cm³/mol. The fourth-order valence-corrected chi connectivity index (χ4v) is 13.1. The zero-order chi connectivity index (χ0) is 58.2. The molecule has 0 nitrogen and oxygen atoms in total. The van der Waals surface area contributed by atoms with Crippen LogP contribution < -0.4 is 0 Å². The van der Waals surface area contributed by atoms with Gasteiger partial charge in [-0.2, -0.15) is 0 Å². The first-order chi connectivity index (χ1) is 37.6. The van der Waals surface area contributed by atoms with Gasteiger partial charge in [0.25, 0.3) is 0 Å². The van der Waals surface area contributed by atoms with E-state index in [1.165, 1.54) is 195 Å². The van der Waals surface area contributed by atoms with E-state index in [2.05, 4.69) is 199 Å². The summed E-state index contributed by atoms with van der Waals surface area (Å²) >= 11 is 0. The van der Waals surface area contributed by atoms with Crippen LogP contribution in [0.25, 0.3) is 11.1 Å². The van der Waals surface area contributed by atoms with E-state index in [1.807, 2.05) is 0 Å². The van der Waals surface area contributed by atoms with Crippen LogP contribution in [0.2, 0.25) is 0 Å². The van der Waals surface area contributed by atoms with E-state index in [9.17, 15) is 0 Å². The maximum atomic E-state index is 2.55. The average molecular weight is 1060 g/mol. The van der Waals surface area contributed by atoms with Crippen LogP contribution in [-0.4, -0.2) is 0 Å². The Labute approximate surface area is 486 Å². The molecule has 5 rings (SSSR count). The second kappa shape index (κ2) is 39.5. The van der Waals surface area contributed by atoms with Gasteiger partial charge in [0, 0.05) is 0 Å². The van der Waals surface area contributed by atoms with Crippen molar-refractivity contribution in [2.75, 3.05) is 0 Å². The van der Waals surface area contributed by atoms with Crippen molar-refractivity contribution in [2.45, 2.75) is 317 Å². The minimum absolute atomic E-state index is 0.640. The Morgan fingerprint density at radius 2 is 0.590 bits per heavy atom. The molecular weight excluding hydrogens is 937 g/mol. The summed E-state index contributed by atoms with van der Waals surface area (Å²) in [5, 5.41) is 0. The van der Waals surface area contributed by atoms with Gasteiger partial charge in [-0.25, -0.2) is 0 Å². The highest BCUT2D eigenvalue weighted by atomic mass is 14.3. The SMILES string of the molecule is CCCc1cc(CCC)c(-c2ccccc2)c(CCC)c1.CCCc1cc(CCC)c(C(C)C)c(CCC)c1C(C)C.CCCc1cc(CCC)c(C)c(CCC)c1C.CCCc1cc(CCC)c(CC)c(CCC)c1CC. The van der Waals surface area contributed by atoms with Gasteiger partial charge >= 0.3 is 0 Å². The molecular formula is C78H124. The van der Waals surface area contributed by atoms with E-state index in [1.54, 1.807) is 83.5 Å². The molecule has 0 heteroatoms. The molecule has 78 heavy (non-hydrogen) atoms. The smallest absolute Gasteiger partial charge is 0.0120 e. The van der Waals surface area contributed by atoms with Gasteiger partial charge < -0.3 is 0 Å². The summed E-state index contributed by atoms with van der Waals surface area (Å²) in [5.41, 5.74) is 32.0. The first-order valence-electron chi connectivity index (χ1n) is 33.3. The maximum absolute atomic E-state index is 2.55. The van der Waals surface area contributed by atoms with E-state index in [0.29, 0.717) is 11.8 Å². The largest absolute Gasteiger partial charge is 0.0651 e. The topological polar surface area (TPSA) is 0 Å². The lowest BCUT2D eigenvalue weighted by Gasteiger charge is -2.26. The Bertz CT molecular complexity index is 2290. The second-order valence-corrected chi connectivity index (χ2v) is 23.7. The van der Waals surface area contributed by atoms with Crippen LogP contribution in [0.5, 0.6) is 0 Å². The van der Waals surface area contributed by atoms with Gasteiger partial charge in [0.2, 0.25) is 0 Å². The molecule has 0 N–H and O–H groups in total. The van der Waals surface area contributed by atoms with Crippen LogP contribution >= 0.6 is 0 Å². The van der Waals surface area contributed by atoms with E-state index in [0.717, 1.165) is 0 Å². The van der Waals surface area contributed by atoms with Crippen LogP contribution in [-0.2, 0) is 89.9 Å². The Hall–Kier alpha value is -3.90. The first-order valence-corrected chi connectivity index (χ1v) is 33.3. The molecule has 5 aromatic carbocycles. The number of rotatable bonds is 29. The molecule has 5 aromatic rings. The van der Waals surface area contributed by atoms with Crippen molar-refractivity contribution in [3.63, 3.8) is 0 Å². The van der Waals surface area contributed by atoms with Crippen LogP contribution in [0.4, 0.5) is 0 Å². The highest BCUT2D eigenvalue weighted by Crippen LogP contribution is 2.37. The normalized spacial score (nSPS) is 11.1. The Kier molecular flexibility index (Phi) is 35.5. The summed E-state index contributed by atoms with van der Waals surface area (Å²) < 4.78 is 0. The van der Waals surface area contributed by atoms with Gasteiger partial charge in [-0.3, -0.25) is 0 Å². The van der Waals surface area contributed by atoms with Crippen molar-refractivity contribution in [3.8, 4) is 11.1 Å². The Balaban J connectivity index is 0.000000357. The third-order valence-corrected chi connectivity index (χ3v) is 16.2. The molecule has 0 aliphatic carbocycles. The van der Waals surface area contributed by atoms with Crippen molar-refractivity contribution in [3.05, 3.63) is 161 Å². The highest BCUT2D eigenvalue weighted by Gasteiger charge is 2.21. The third kappa shape index (κ3) is 20.9. The summed E-state index contributed by atoms with van der Waals surface area (Å²) in [4.78, 5) is 0. The molecule has 436 valence electrons. The lowest BCUT2D eigenvalue weighted by Crippen LogP contribution is -2.11. The van der Waals surface area contributed by atoms with Crippen LogP contribution in [0.1, 0.15) is 314 Å². The highest BCUT2D eigenvalue weighted by molar-refractivity contribution is 5.72. The molecule has 0 aliphatic rings. The third-order valence-electron chi connectivity index (χ3n) is 16.2. The fourth-order valence-electron chi connectivity index (χ4n) is 13.1.